The molecule has 0 aromatic heterocycles. The molecule has 2 fully saturated rings. The van der Waals surface area contributed by atoms with E-state index >= 15 is 0 Å². The first-order valence-corrected chi connectivity index (χ1v) is 8.09. The summed E-state index contributed by atoms with van der Waals surface area (Å²) in [6.07, 6.45) is 6.20. The van der Waals surface area contributed by atoms with E-state index < -0.39 is 0 Å². The van der Waals surface area contributed by atoms with Gasteiger partial charge in [0.2, 0.25) is 0 Å². The number of hydrogen-bond donors (Lipinski definition) is 0. The maximum atomic E-state index is 12.2. The van der Waals surface area contributed by atoms with E-state index in [0.717, 1.165) is 23.9 Å². The number of Topliss-reactive ketones (excluding diaryl/α,β-unsaturated/α-hetero) is 1. The van der Waals surface area contributed by atoms with Gasteiger partial charge in [-0.3, -0.25) is 4.79 Å². The van der Waals surface area contributed by atoms with Crippen LogP contribution in [0, 0.1) is 11.8 Å². The molecule has 3 rings (SSSR count). The number of fused-ring (bicyclic) bond motifs is 2. The van der Waals surface area contributed by atoms with Gasteiger partial charge in [0.1, 0.15) is 0 Å². The number of hydrogen-bond acceptors (Lipinski definition) is 2. The first kappa shape index (κ1) is 14.1. The fourth-order valence-electron chi connectivity index (χ4n) is 3.67. The monoisotopic (exact) mass is 291 g/mol. The van der Waals surface area contributed by atoms with Crippen molar-refractivity contribution in [2.24, 2.45) is 11.8 Å². The topological polar surface area (TPSA) is 20.3 Å². The Morgan fingerprint density at radius 2 is 1.90 bits per heavy atom. The summed E-state index contributed by atoms with van der Waals surface area (Å²) in [5.41, 5.74) is 0.783. The molecule has 0 spiro atoms. The van der Waals surface area contributed by atoms with Crippen molar-refractivity contribution in [3.8, 4) is 0 Å². The Hall–Kier alpha value is -0.860. The van der Waals surface area contributed by atoms with Crippen LogP contribution in [-0.4, -0.2) is 30.3 Å². The zero-order valence-electron chi connectivity index (χ0n) is 11.9. The van der Waals surface area contributed by atoms with E-state index in [9.17, 15) is 4.79 Å². The summed E-state index contributed by atoms with van der Waals surface area (Å²) in [5, 5.41) is 0.685. The van der Waals surface area contributed by atoms with E-state index in [0.29, 0.717) is 11.4 Å². The van der Waals surface area contributed by atoms with Crippen LogP contribution in [0.2, 0.25) is 5.02 Å². The first-order chi connectivity index (χ1) is 9.70. The number of rotatable bonds is 4. The second kappa shape index (κ2) is 6.28. The van der Waals surface area contributed by atoms with Crippen molar-refractivity contribution in [2.45, 2.75) is 32.1 Å². The molecule has 20 heavy (non-hydrogen) atoms. The third-order valence-corrected chi connectivity index (χ3v) is 5.09. The van der Waals surface area contributed by atoms with Crippen LogP contribution in [0.1, 0.15) is 42.5 Å². The molecule has 3 heteroatoms. The highest BCUT2D eigenvalue weighted by Crippen LogP contribution is 2.36. The van der Waals surface area contributed by atoms with Crippen molar-refractivity contribution in [2.75, 3.05) is 19.6 Å². The lowest BCUT2D eigenvalue weighted by atomic mass is 10.0. The molecule has 1 aliphatic heterocycles. The van der Waals surface area contributed by atoms with Crippen LogP contribution in [0.15, 0.2) is 24.3 Å². The minimum absolute atomic E-state index is 0.232. The van der Waals surface area contributed by atoms with Gasteiger partial charge in [0.15, 0.2) is 5.78 Å². The maximum absolute atomic E-state index is 12.2. The Balaban J connectivity index is 1.51. The average molecular weight is 292 g/mol. The Morgan fingerprint density at radius 3 is 2.70 bits per heavy atom. The van der Waals surface area contributed by atoms with E-state index in [2.05, 4.69) is 4.90 Å². The fraction of sp³-hybridized carbons (Fsp3) is 0.588. The Kier molecular flexibility index (Phi) is 4.42. The molecule has 2 bridgehead atoms. The van der Waals surface area contributed by atoms with Gasteiger partial charge >= 0.3 is 0 Å². The molecule has 1 saturated carbocycles. The maximum Gasteiger partial charge on any atom is 0.164 e. The molecule has 0 N–H and O–H groups in total. The zero-order valence-corrected chi connectivity index (χ0v) is 12.6. The molecular formula is C17H22ClNO. The van der Waals surface area contributed by atoms with Crippen molar-refractivity contribution in [1.29, 1.82) is 0 Å². The normalized spacial score (nSPS) is 26.4. The van der Waals surface area contributed by atoms with Crippen LogP contribution in [0.4, 0.5) is 0 Å². The van der Waals surface area contributed by atoms with E-state index in [4.69, 9.17) is 11.6 Å². The third kappa shape index (κ3) is 3.42. The zero-order chi connectivity index (χ0) is 13.9. The molecule has 108 valence electrons. The Labute approximate surface area is 126 Å². The highest BCUT2D eigenvalue weighted by Gasteiger charge is 2.29. The average Bonchev–Trinajstić information content (AvgIpc) is 2.78. The van der Waals surface area contributed by atoms with Gasteiger partial charge in [0.25, 0.3) is 0 Å². The van der Waals surface area contributed by atoms with Crippen LogP contribution in [0.25, 0.3) is 0 Å². The molecule has 1 aromatic carbocycles. The molecule has 2 atom stereocenters. The van der Waals surface area contributed by atoms with Gasteiger partial charge in [-0.15, -0.1) is 0 Å². The second-order valence-electron chi connectivity index (χ2n) is 6.31. The second-order valence-corrected chi connectivity index (χ2v) is 6.75. The number of carbonyl (C=O) groups is 1. The SMILES string of the molecule is O=C(CCN1CCC2CCC(C2)C1)c1ccc(Cl)cc1. The number of likely N-dealkylation sites (tertiary alicyclic amines) is 1. The van der Waals surface area contributed by atoms with Crippen LogP contribution in [0.5, 0.6) is 0 Å². The van der Waals surface area contributed by atoms with Gasteiger partial charge in [0.05, 0.1) is 0 Å². The van der Waals surface area contributed by atoms with Crippen molar-refractivity contribution < 1.29 is 4.79 Å². The molecule has 1 saturated heterocycles. The smallest absolute Gasteiger partial charge is 0.164 e. The summed E-state index contributed by atoms with van der Waals surface area (Å²) in [7, 11) is 0. The van der Waals surface area contributed by atoms with E-state index in [-0.39, 0.29) is 5.78 Å². The van der Waals surface area contributed by atoms with Crippen molar-refractivity contribution in [3.63, 3.8) is 0 Å². The third-order valence-electron chi connectivity index (χ3n) is 4.84. The highest BCUT2D eigenvalue weighted by molar-refractivity contribution is 6.30. The van der Waals surface area contributed by atoms with Crippen molar-refractivity contribution >= 4 is 17.4 Å². The predicted molar refractivity (Wildman–Crippen MR) is 82.3 cm³/mol. The molecule has 0 radical (unpaired) electrons. The minimum atomic E-state index is 0.232. The highest BCUT2D eigenvalue weighted by atomic mass is 35.5. The van der Waals surface area contributed by atoms with E-state index in [1.165, 1.54) is 38.8 Å². The summed E-state index contributed by atoms with van der Waals surface area (Å²) in [6.45, 7) is 3.28. The Morgan fingerprint density at radius 1 is 1.15 bits per heavy atom. The lowest BCUT2D eigenvalue weighted by Crippen LogP contribution is -2.31. The molecular weight excluding hydrogens is 270 g/mol. The molecule has 2 aliphatic rings. The molecule has 2 nitrogen and oxygen atoms in total. The summed E-state index contributed by atoms with van der Waals surface area (Å²) in [5.74, 6) is 2.07. The van der Waals surface area contributed by atoms with E-state index in [1.54, 1.807) is 12.1 Å². The number of nitrogens with zero attached hydrogens (tertiary/aromatic N) is 1. The quantitative estimate of drug-likeness (QED) is 0.781. The molecule has 1 heterocycles. The van der Waals surface area contributed by atoms with Gasteiger partial charge < -0.3 is 4.90 Å². The first-order valence-electron chi connectivity index (χ1n) is 7.72. The predicted octanol–water partition coefficient (Wildman–Crippen LogP) is 4.03. The van der Waals surface area contributed by atoms with Gasteiger partial charge in [-0.25, -0.2) is 0 Å². The lowest BCUT2D eigenvalue weighted by Gasteiger charge is -2.24. The van der Waals surface area contributed by atoms with Gasteiger partial charge in [0, 0.05) is 30.1 Å². The molecule has 1 aliphatic carbocycles. The lowest BCUT2D eigenvalue weighted by molar-refractivity contribution is 0.0960. The fourth-order valence-corrected chi connectivity index (χ4v) is 3.80. The van der Waals surface area contributed by atoms with Crippen LogP contribution >= 0.6 is 11.6 Å². The van der Waals surface area contributed by atoms with Gasteiger partial charge in [-0.1, -0.05) is 18.0 Å². The van der Waals surface area contributed by atoms with Crippen LogP contribution in [0.3, 0.4) is 0 Å². The van der Waals surface area contributed by atoms with Gasteiger partial charge in [-0.2, -0.15) is 0 Å². The summed E-state index contributed by atoms with van der Waals surface area (Å²) >= 11 is 5.85. The van der Waals surface area contributed by atoms with Crippen LogP contribution in [-0.2, 0) is 0 Å². The number of halogens is 1. The van der Waals surface area contributed by atoms with Crippen molar-refractivity contribution in [1.82, 2.24) is 4.90 Å². The van der Waals surface area contributed by atoms with Gasteiger partial charge in [-0.05, 0) is 61.9 Å². The molecule has 1 aromatic rings. The largest absolute Gasteiger partial charge is 0.303 e. The van der Waals surface area contributed by atoms with E-state index in [1.807, 2.05) is 12.1 Å². The summed E-state index contributed by atoms with van der Waals surface area (Å²) in [6, 6.07) is 7.24. The summed E-state index contributed by atoms with van der Waals surface area (Å²) in [4.78, 5) is 14.7. The number of carbonyl (C=O) groups excluding carboxylic acids is 1. The molecule has 0 amide bonds. The standard InChI is InChI=1S/C17H22ClNO/c18-16-5-3-15(4-6-16)17(20)8-10-19-9-7-13-1-2-14(11-13)12-19/h3-6,13-14H,1-2,7-12H2. The minimum Gasteiger partial charge on any atom is -0.303 e. The number of benzene rings is 1. The molecule has 2 unspecified atom stereocenters. The Bertz CT molecular complexity index is 470. The van der Waals surface area contributed by atoms with Crippen molar-refractivity contribution in [3.05, 3.63) is 34.9 Å². The summed E-state index contributed by atoms with van der Waals surface area (Å²) < 4.78 is 0. The van der Waals surface area contributed by atoms with Crippen LogP contribution < -0.4 is 0 Å². The number of ketones is 1.